The summed E-state index contributed by atoms with van der Waals surface area (Å²) < 4.78 is 13.5. The summed E-state index contributed by atoms with van der Waals surface area (Å²) in [6, 6.07) is 4.29. The van der Waals surface area contributed by atoms with Crippen molar-refractivity contribution in [2.24, 2.45) is 5.10 Å². The maximum atomic E-state index is 13.5. The fourth-order valence-electron chi connectivity index (χ4n) is 1.43. The number of halogens is 2. The molecule has 2 N–H and O–H groups in total. The normalized spacial score (nSPS) is 14.8. The molecule has 1 aromatic carbocycles. The number of hydrazone groups is 1. The lowest BCUT2D eigenvalue weighted by Gasteiger charge is -2.12. The van der Waals surface area contributed by atoms with Crippen molar-refractivity contribution in [2.45, 2.75) is 12.8 Å². The van der Waals surface area contributed by atoms with Crippen molar-refractivity contribution >= 4 is 34.8 Å². The van der Waals surface area contributed by atoms with Crippen molar-refractivity contribution in [1.29, 1.82) is 0 Å². The van der Waals surface area contributed by atoms with E-state index < -0.39 is 11.7 Å². The molecule has 1 aliphatic rings. The average molecular weight is 270 g/mol. The largest absolute Gasteiger partial charge is 0.318 e. The molecule has 94 valence electrons. The Morgan fingerprint density at radius 2 is 2.22 bits per heavy atom. The second-order valence-electron chi connectivity index (χ2n) is 3.65. The average Bonchev–Trinajstić information content (AvgIpc) is 2.36. The van der Waals surface area contributed by atoms with E-state index in [9.17, 15) is 14.0 Å². The number of carbonyl (C=O) groups is 2. The molecule has 1 aromatic rings. The van der Waals surface area contributed by atoms with Crippen molar-refractivity contribution in [3.63, 3.8) is 0 Å². The summed E-state index contributed by atoms with van der Waals surface area (Å²) in [4.78, 5) is 22.6. The summed E-state index contributed by atoms with van der Waals surface area (Å²) in [6.07, 6.45) is 0.407. The molecule has 0 unspecified atom stereocenters. The van der Waals surface area contributed by atoms with Crippen LogP contribution in [0.25, 0.3) is 0 Å². The minimum Gasteiger partial charge on any atom is -0.318 e. The number of hydrogen-bond acceptors (Lipinski definition) is 3. The van der Waals surface area contributed by atoms with E-state index in [1.807, 2.05) is 0 Å². The Morgan fingerprint density at radius 1 is 1.44 bits per heavy atom. The highest BCUT2D eigenvalue weighted by atomic mass is 35.5. The van der Waals surface area contributed by atoms with E-state index in [1.54, 1.807) is 0 Å². The van der Waals surface area contributed by atoms with Crippen LogP contribution in [-0.4, -0.2) is 17.5 Å². The third-order valence-electron chi connectivity index (χ3n) is 2.37. The molecule has 0 radical (unpaired) electrons. The Kier molecular flexibility index (Phi) is 3.57. The Bertz CT molecular complexity index is 545. The zero-order chi connectivity index (χ0) is 13.1. The first kappa shape index (κ1) is 12.5. The van der Waals surface area contributed by atoms with Crippen molar-refractivity contribution in [3.05, 3.63) is 29.0 Å². The van der Waals surface area contributed by atoms with Crippen molar-refractivity contribution < 1.29 is 14.0 Å². The summed E-state index contributed by atoms with van der Waals surface area (Å²) >= 11 is 5.59. The molecule has 0 fully saturated rings. The molecule has 1 heterocycles. The van der Waals surface area contributed by atoms with E-state index in [-0.39, 0.29) is 35.2 Å². The van der Waals surface area contributed by atoms with E-state index in [0.29, 0.717) is 0 Å². The van der Waals surface area contributed by atoms with Crippen LogP contribution in [0.15, 0.2) is 23.3 Å². The van der Waals surface area contributed by atoms with E-state index in [0.717, 1.165) is 0 Å². The van der Waals surface area contributed by atoms with E-state index in [1.165, 1.54) is 18.2 Å². The number of rotatable bonds is 2. The molecule has 2 amide bonds. The van der Waals surface area contributed by atoms with Gasteiger partial charge in [0.15, 0.2) is 5.82 Å². The summed E-state index contributed by atoms with van der Waals surface area (Å²) in [7, 11) is 0. The number of carbonyl (C=O) groups excluding carboxylic acids is 2. The van der Waals surface area contributed by atoms with Gasteiger partial charge in [-0.3, -0.25) is 9.59 Å². The van der Waals surface area contributed by atoms with Crippen LogP contribution >= 0.6 is 11.6 Å². The fraction of sp³-hybridized carbons (Fsp3) is 0.182. The summed E-state index contributed by atoms with van der Waals surface area (Å²) in [5, 5.41) is 5.89. The standard InChI is InChI=1S/C11H9ClFN3O2/c12-6-2-1-3-7(10(6)13)14-11(18)8-4-5-9(17)16-15-8/h1-3H,4-5H2,(H,14,18)(H,16,17). The molecule has 0 aromatic heterocycles. The van der Waals surface area contributed by atoms with Gasteiger partial charge in [0.2, 0.25) is 5.91 Å². The Labute approximate surface area is 107 Å². The van der Waals surface area contributed by atoms with Gasteiger partial charge in [0.05, 0.1) is 10.7 Å². The number of benzene rings is 1. The van der Waals surface area contributed by atoms with Gasteiger partial charge in [0, 0.05) is 12.8 Å². The highest BCUT2D eigenvalue weighted by Gasteiger charge is 2.19. The quantitative estimate of drug-likeness (QED) is 0.858. The third-order valence-corrected chi connectivity index (χ3v) is 2.66. The molecule has 0 bridgehead atoms. The molecular formula is C11H9ClFN3O2. The van der Waals surface area contributed by atoms with Gasteiger partial charge in [0.1, 0.15) is 5.71 Å². The van der Waals surface area contributed by atoms with Gasteiger partial charge in [0.25, 0.3) is 5.91 Å². The zero-order valence-corrected chi connectivity index (χ0v) is 9.92. The maximum Gasteiger partial charge on any atom is 0.271 e. The van der Waals surface area contributed by atoms with Crippen molar-refractivity contribution in [3.8, 4) is 0 Å². The molecule has 0 atom stereocenters. The smallest absolute Gasteiger partial charge is 0.271 e. The number of nitrogens with zero attached hydrogens (tertiary/aromatic N) is 1. The van der Waals surface area contributed by atoms with Gasteiger partial charge in [-0.1, -0.05) is 17.7 Å². The Balaban J connectivity index is 2.12. The lowest BCUT2D eigenvalue weighted by Crippen LogP contribution is -2.32. The second-order valence-corrected chi connectivity index (χ2v) is 4.06. The monoisotopic (exact) mass is 269 g/mol. The Hall–Kier alpha value is -1.95. The number of hydrogen-bond donors (Lipinski definition) is 2. The SMILES string of the molecule is O=C1CCC(C(=O)Nc2cccc(Cl)c2F)=NN1. The van der Waals surface area contributed by atoms with E-state index in [2.05, 4.69) is 15.8 Å². The molecule has 0 saturated heterocycles. The molecule has 5 nitrogen and oxygen atoms in total. The van der Waals surface area contributed by atoms with Crippen LogP contribution in [0.2, 0.25) is 5.02 Å². The predicted molar refractivity (Wildman–Crippen MR) is 64.9 cm³/mol. The minimum absolute atomic E-state index is 0.0212. The Morgan fingerprint density at radius 3 is 2.89 bits per heavy atom. The molecular weight excluding hydrogens is 261 g/mol. The van der Waals surface area contributed by atoms with Gasteiger partial charge >= 0.3 is 0 Å². The van der Waals surface area contributed by atoms with E-state index in [4.69, 9.17) is 11.6 Å². The van der Waals surface area contributed by atoms with E-state index >= 15 is 0 Å². The van der Waals surface area contributed by atoms with Crippen molar-refractivity contribution in [2.75, 3.05) is 5.32 Å². The summed E-state index contributed by atoms with van der Waals surface area (Å²) in [5.41, 5.74) is 2.32. The fourth-order valence-corrected chi connectivity index (χ4v) is 1.61. The van der Waals surface area contributed by atoms with Gasteiger partial charge in [-0.15, -0.1) is 0 Å². The first-order valence-electron chi connectivity index (χ1n) is 5.18. The number of amides is 2. The first-order chi connectivity index (χ1) is 8.58. The minimum atomic E-state index is -0.701. The molecule has 1 aliphatic heterocycles. The van der Waals surface area contributed by atoms with Gasteiger partial charge in [-0.2, -0.15) is 5.10 Å². The summed E-state index contributed by atoms with van der Waals surface area (Å²) in [5.74, 6) is -1.51. The van der Waals surface area contributed by atoms with Crippen LogP contribution in [0.4, 0.5) is 10.1 Å². The molecule has 0 aliphatic carbocycles. The van der Waals surface area contributed by atoms with Crippen LogP contribution in [0, 0.1) is 5.82 Å². The van der Waals surface area contributed by atoms with Gasteiger partial charge in [-0.05, 0) is 12.1 Å². The van der Waals surface area contributed by atoms with Crippen LogP contribution in [-0.2, 0) is 9.59 Å². The highest BCUT2D eigenvalue weighted by molar-refractivity contribution is 6.43. The molecule has 0 spiro atoms. The lowest BCUT2D eigenvalue weighted by molar-refractivity contribution is -0.121. The van der Waals surface area contributed by atoms with Gasteiger partial charge < -0.3 is 5.32 Å². The molecule has 18 heavy (non-hydrogen) atoms. The molecule has 0 saturated carbocycles. The van der Waals surface area contributed by atoms with Crippen LogP contribution < -0.4 is 10.7 Å². The predicted octanol–water partition coefficient (Wildman–Crippen LogP) is 1.68. The molecule has 7 heteroatoms. The third kappa shape index (κ3) is 2.65. The highest BCUT2D eigenvalue weighted by Crippen LogP contribution is 2.22. The zero-order valence-electron chi connectivity index (χ0n) is 9.17. The van der Waals surface area contributed by atoms with Gasteiger partial charge in [-0.25, -0.2) is 9.82 Å². The topological polar surface area (TPSA) is 70.6 Å². The number of nitrogens with one attached hydrogen (secondary N) is 2. The van der Waals surface area contributed by atoms with Crippen LogP contribution in [0.1, 0.15) is 12.8 Å². The van der Waals surface area contributed by atoms with Crippen LogP contribution in [0.5, 0.6) is 0 Å². The summed E-state index contributed by atoms with van der Waals surface area (Å²) in [6.45, 7) is 0. The van der Waals surface area contributed by atoms with Crippen LogP contribution in [0.3, 0.4) is 0 Å². The second kappa shape index (κ2) is 5.14. The lowest BCUT2D eigenvalue weighted by atomic mass is 10.1. The molecule has 2 rings (SSSR count). The van der Waals surface area contributed by atoms with Crippen molar-refractivity contribution in [1.82, 2.24) is 5.43 Å². The number of anilines is 1. The maximum absolute atomic E-state index is 13.5. The first-order valence-corrected chi connectivity index (χ1v) is 5.56.